The highest BCUT2D eigenvalue weighted by atomic mass is 79.9. The van der Waals surface area contributed by atoms with Gasteiger partial charge in [0.15, 0.2) is 0 Å². The summed E-state index contributed by atoms with van der Waals surface area (Å²) in [6, 6.07) is 16.8. The van der Waals surface area contributed by atoms with Gasteiger partial charge in [-0.2, -0.15) is 0 Å². The second-order valence-corrected chi connectivity index (χ2v) is 5.33. The van der Waals surface area contributed by atoms with Gasteiger partial charge in [-0.05, 0) is 37.2 Å². The Morgan fingerprint density at radius 1 is 1.16 bits per heavy atom. The summed E-state index contributed by atoms with van der Waals surface area (Å²) >= 11 is 3.51. The summed E-state index contributed by atoms with van der Waals surface area (Å²) in [5, 5.41) is 3.37. The van der Waals surface area contributed by atoms with E-state index < -0.39 is 0 Å². The minimum absolute atomic E-state index is 0.241. The molecule has 0 spiro atoms. The van der Waals surface area contributed by atoms with E-state index in [1.807, 2.05) is 31.3 Å². The second kappa shape index (κ2) is 6.73. The van der Waals surface area contributed by atoms with Crippen LogP contribution in [0.2, 0.25) is 0 Å². The Balaban J connectivity index is 2.25. The molecule has 0 amide bonds. The number of nitrogens with one attached hydrogen (secondary N) is 1. The number of hydrogen-bond acceptors (Lipinski definition) is 2. The first-order valence-corrected chi connectivity index (χ1v) is 7.08. The van der Waals surface area contributed by atoms with E-state index in [0.717, 1.165) is 16.6 Å². The smallest absolute Gasteiger partial charge is 0.123 e. The van der Waals surface area contributed by atoms with Gasteiger partial charge in [-0.3, -0.25) is 0 Å². The third-order valence-electron chi connectivity index (χ3n) is 3.19. The quantitative estimate of drug-likeness (QED) is 0.900. The highest BCUT2D eigenvalue weighted by molar-refractivity contribution is 9.10. The van der Waals surface area contributed by atoms with E-state index in [1.165, 1.54) is 11.1 Å². The van der Waals surface area contributed by atoms with Gasteiger partial charge in [0.1, 0.15) is 5.75 Å². The predicted molar refractivity (Wildman–Crippen MR) is 82.6 cm³/mol. The molecule has 2 aromatic rings. The predicted octanol–water partition coefficient (Wildman–Crippen LogP) is 3.96. The molecular weight excluding hydrogens is 302 g/mol. The Kier molecular flexibility index (Phi) is 5.00. The molecule has 19 heavy (non-hydrogen) atoms. The van der Waals surface area contributed by atoms with Crippen LogP contribution in [0.25, 0.3) is 0 Å². The lowest BCUT2D eigenvalue weighted by Crippen LogP contribution is -2.19. The molecule has 0 bridgehead atoms. The van der Waals surface area contributed by atoms with Crippen molar-refractivity contribution >= 4 is 15.9 Å². The Morgan fingerprint density at radius 2 is 1.95 bits per heavy atom. The Bertz CT molecular complexity index is 542. The van der Waals surface area contributed by atoms with Crippen LogP contribution in [0.3, 0.4) is 0 Å². The van der Waals surface area contributed by atoms with Gasteiger partial charge in [0.05, 0.1) is 7.11 Å². The number of ether oxygens (including phenoxy) is 1. The van der Waals surface area contributed by atoms with Crippen molar-refractivity contribution in [1.29, 1.82) is 0 Å². The molecule has 1 N–H and O–H groups in total. The summed E-state index contributed by atoms with van der Waals surface area (Å²) in [6.07, 6.45) is 0.927. The molecule has 3 heteroatoms. The van der Waals surface area contributed by atoms with Crippen LogP contribution >= 0.6 is 15.9 Å². The van der Waals surface area contributed by atoms with Crippen LogP contribution in [-0.2, 0) is 6.42 Å². The average molecular weight is 320 g/mol. The summed E-state index contributed by atoms with van der Waals surface area (Å²) in [4.78, 5) is 0. The molecule has 0 saturated carbocycles. The van der Waals surface area contributed by atoms with Gasteiger partial charge in [-0.1, -0.05) is 46.3 Å². The molecule has 0 aliphatic carbocycles. The summed E-state index contributed by atoms with van der Waals surface area (Å²) in [5.74, 6) is 0.928. The molecule has 100 valence electrons. The zero-order valence-electron chi connectivity index (χ0n) is 11.2. The number of methoxy groups -OCH3 is 1. The average Bonchev–Trinajstić information content (AvgIpc) is 2.45. The Hall–Kier alpha value is -1.32. The lowest BCUT2D eigenvalue weighted by molar-refractivity contribution is 0.401. The largest absolute Gasteiger partial charge is 0.496 e. The van der Waals surface area contributed by atoms with Crippen molar-refractivity contribution in [2.45, 2.75) is 12.5 Å². The molecule has 0 heterocycles. The van der Waals surface area contributed by atoms with Gasteiger partial charge in [0.25, 0.3) is 0 Å². The topological polar surface area (TPSA) is 21.3 Å². The van der Waals surface area contributed by atoms with Crippen molar-refractivity contribution in [2.24, 2.45) is 0 Å². The van der Waals surface area contributed by atoms with E-state index in [9.17, 15) is 0 Å². The second-order valence-electron chi connectivity index (χ2n) is 4.42. The fourth-order valence-corrected chi connectivity index (χ4v) is 2.67. The molecule has 0 fully saturated rings. The molecule has 1 unspecified atom stereocenters. The van der Waals surface area contributed by atoms with E-state index in [0.29, 0.717) is 0 Å². The van der Waals surface area contributed by atoms with Crippen LogP contribution in [0.4, 0.5) is 0 Å². The van der Waals surface area contributed by atoms with Crippen LogP contribution in [0.1, 0.15) is 17.2 Å². The molecule has 0 aliphatic rings. The van der Waals surface area contributed by atoms with E-state index in [2.05, 4.69) is 45.5 Å². The van der Waals surface area contributed by atoms with Crippen LogP contribution in [0.5, 0.6) is 5.75 Å². The first-order valence-electron chi connectivity index (χ1n) is 6.29. The maximum Gasteiger partial charge on any atom is 0.123 e. The maximum absolute atomic E-state index is 5.44. The first kappa shape index (κ1) is 14.1. The monoisotopic (exact) mass is 319 g/mol. The van der Waals surface area contributed by atoms with Crippen molar-refractivity contribution in [3.8, 4) is 5.75 Å². The number of likely N-dealkylation sites (N-methyl/N-ethyl adjacent to an activating group) is 1. The Labute approximate surface area is 122 Å². The lowest BCUT2D eigenvalue weighted by Gasteiger charge is -2.19. The summed E-state index contributed by atoms with van der Waals surface area (Å²) in [6.45, 7) is 0. The van der Waals surface area contributed by atoms with Crippen molar-refractivity contribution in [3.63, 3.8) is 0 Å². The number of rotatable bonds is 5. The standard InChI is InChI=1S/C16H18BrNO/c1-18-15(11-12-6-5-7-13(17)10-12)14-8-3-4-9-16(14)19-2/h3-10,15,18H,11H2,1-2H3. The molecule has 2 aromatic carbocycles. The molecule has 1 atom stereocenters. The number of benzene rings is 2. The number of halogens is 1. The minimum atomic E-state index is 0.241. The molecule has 0 radical (unpaired) electrons. The third-order valence-corrected chi connectivity index (χ3v) is 3.68. The lowest BCUT2D eigenvalue weighted by atomic mass is 9.98. The highest BCUT2D eigenvalue weighted by Gasteiger charge is 2.14. The van der Waals surface area contributed by atoms with Crippen LogP contribution in [-0.4, -0.2) is 14.2 Å². The fourth-order valence-electron chi connectivity index (χ4n) is 2.22. The molecule has 2 rings (SSSR count). The van der Waals surface area contributed by atoms with Gasteiger partial charge >= 0.3 is 0 Å². The number of hydrogen-bond donors (Lipinski definition) is 1. The molecule has 0 saturated heterocycles. The van der Waals surface area contributed by atoms with E-state index in [-0.39, 0.29) is 6.04 Å². The fraction of sp³-hybridized carbons (Fsp3) is 0.250. The number of para-hydroxylation sites is 1. The zero-order chi connectivity index (χ0) is 13.7. The van der Waals surface area contributed by atoms with Gasteiger partial charge in [0.2, 0.25) is 0 Å². The van der Waals surface area contributed by atoms with Gasteiger partial charge in [-0.25, -0.2) is 0 Å². The van der Waals surface area contributed by atoms with E-state index in [4.69, 9.17) is 4.74 Å². The maximum atomic E-state index is 5.44. The van der Waals surface area contributed by atoms with Crippen LogP contribution < -0.4 is 10.1 Å². The van der Waals surface area contributed by atoms with Gasteiger partial charge in [0, 0.05) is 16.1 Å². The van der Waals surface area contributed by atoms with Gasteiger partial charge in [-0.15, -0.1) is 0 Å². The third kappa shape index (κ3) is 3.58. The van der Waals surface area contributed by atoms with E-state index >= 15 is 0 Å². The van der Waals surface area contributed by atoms with Crippen molar-refractivity contribution in [1.82, 2.24) is 5.32 Å². The molecule has 0 aromatic heterocycles. The SMILES string of the molecule is CNC(Cc1cccc(Br)c1)c1ccccc1OC. The van der Waals surface area contributed by atoms with Gasteiger partial charge < -0.3 is 10.1 Å². The molecule has 2 nitrogen and oxygen atoms in total. The summed E-state index contributed by atoms with van der Waals surface area (Å²) in [7, 11) is 3.69. The summed E-state index contributed by atoms with van der Waals surface area (Å²) < 4.78 is 6.55. The molecular formula is C16H18BrNO. The van der Waals surface area contributed by atoms with Crippen LogP contribution in [0.15, 0.2) is 53.0 Å². The molecule has 0 aliphatic heterocycles. The first-order chi connectivity index (χ1) is 9.24. The van der Waals surface area contributed by atoms with E-state index in [1.54, 1.807) is 7.11 Å². The zero-order valence-corrected chi connectivity index (χ0v) is 12.8. The van der Waals surface area contributed by atoms with Crippen molar-refractivity contribution in [2.75, 3.05) is 14.2 Å². The highest BCUT2D eigenvalue weighted by Crippen LogP contribution is 2.27. The Morgan fingerprint density at radius 3 is 2.63 bits per heavy atom. The van der Waals surface area contributed by atoms with Crippen LogP contribution in [0, 0.1) is 0 Å². The van der Waals surface area contributed by atoms with Crippen molar-refractivity contribution in [3.05, 3.63) is 64.1 Å². The van der Waals surface area contributed by atoms with Crippen molar-refractivity contribution < 1.29 is 4.74 Å². The summed E-state index contributed by atoms with van der Waals surface area (Å²) in [5.41, 5.74) is 2.48. The normalized spacial score (nSPS) is 12.2. The minimum Gasteiger partial charge on any atom is -0.496 e.